The summed E-state index contributed by atoms with van der Waals surface area (Å²) in [5.74, 6) is 0.167. The number of ether oxygens (including phenoxy) is 3. The fourth-order valence-corrected chi connectivity index (χ4v) is 1.98. The number of hydrogen-bond donors (Lipinski definition) is 0. The Bertz CT molecular complexity index is 435. The van der Waals surface area contributed by atoms with Gasteiger partial charge in [-0.05, 0) is 20.8 Å². The van der Waals surface area contributed by atoms with E-state index in [1.807, 2.05) is 20.8 Å². The van der Waals surface area contributed by atoms with Gasteiger partial charge in [0.25, 0.3) is 0 Å². The molecule has 2 aliphatic rings. The molecule has 2 rings (SSSR count). The van der Waals surface area contributed by atoms with Gasteiger partial charge in [0.15, 0.2) is 11.9 Å². The molecule has 0 aromatic carbocycles. The molecule has 1 atom stereocenters. The highest BCUT2D eigenvalue weighted by Gasteiger charge is 2.40. The average Bonchev–Trinajstić information content (AvgIpc) is 2.72. The third-order valence-electron chi connectivity index (χ3n) is 3.03. The van der Waals surface area contributed by atoms with Crippen molar-refractivity contribution >= 4 is 18.0 Å². The van der Waals surface area contributed by atoms with Gasteiger partial charge in [0.2, 0.25) is 0 Å². The second-order valence-electron chi connectivity index (χ2n) is 5.90. The fourth-order valence-electron chi connectivity index (χ4n) is 1.98. The topological polar surface area (TPSA) is 77.4 Å². The third kappa shape index (κ3) is 3.20. The summed E-state index contributed by atoms with van der Waals surface area (Å²) in [6, 6.07) is -0.578. The van der Waals surface area contributed by atoms with E-state index < -0.39 is 17.6 Å². The molecule has 7 heteroatoms. The molecule has 1 saturated heterocycles. The van der Waals surface area contributed by atoms with Gasteiger partial charge in [-0.3, -0.25) is 0 Å². The minimum Gasteiger partial charge on any atom is -0.478 e. The molecule has 0 spiro atoms. The lowest BCUT2D eigenvalue weighted by atomic mass is 10.0. The van der Waals surface area contributed by atoms with E-state index >= 15 is 0 Å². The highest BCUT2D eigenvalue weighted by atomic mass is 16.6. The maximum absolute atomic E-state index is 11.8. The largest absolute Gasteiger partial charge is 0.478 e. The molecule has 0 bridgehead atoms. The number of amides is 1. The number of carbonyl (C=O) groups excluding carboxylic acids is 2. The Labute approximate surface area is 117 Å². The lowest BCUT2D eigenvalue weighted by Crippen LogP contribution is -2.54. The first-order chi connectivity index (χ1) is 9.30. The van der Waals surface area contributed by atoms with E-state index in [0.717, 1.165) is 0 Å². The van der Waals surface area contributed by atoms with Crippen molar-refractivity contribution in [1.82, 2.24) is 4.90 Å². The summed E-state index contributed by atoms with van der Waals surface area (Å²) in [5, 5.41) is 0. The molecule has 2 heterocycles. The van der Waals surface area contributed by atoms with Gasteiger partial charge in [0.05, 0.1) is 13.0 Å². The van der Waals surface area contributed by atoms with Crippen molar-refractivity contribution in [2.24, 2.45) is 10.9 Å². The number of rotatable bonds is 2. The smallest absolute Gasteiger partial charge is 0.410 e. The van der Waals surface area contributed by atoms with Crippen LogP contribution in [0, 0.1) is 5.92 Å². The molecule has 2 aliphatic heterocycles. The SMILES string of the molecule is COC(=O)C1COC(C2CN(C(=O)OC(C)(C)C)C2)=N1. The van der Waals surface area contributed by atoms with Crippen molar-refractivity contribution in [3.63, 3.8) is 0 Å². The molecule has 0 N–H and O–H groups in total. The molecular weight excluding hydrogens is 264 g/mol. The molecule has 20 heavy (non-hydrogen) atoms. The Morgan fingerprint density at radius 1 is 1.35 bits per heavy atom. The van der Waals surface area contributed by atoms with E-state index in [4.69, 9.17) is 9.47 Å². The van der Waals surface area contributed by atoms with E-state index in [1.165, 1.54) is 7.11 Å². The van der Waals surface area contributed by atoms with Crippen molar-refractivity contribution in [2.45, 2.75) is 32.4 Å². The molecule has 1 unspecified atom stereocenters. The van der Waals surface area contributed by atoms with Crippen LogP contribution in [0.25, 0.3) is 0 Å². The second-order valence-corrected chi connectivity index (χ2v) is 5.90. The molecule has 0 aliphatic carbocycles. The van der Waals surface area contributed by atoms with Crippen molar-refractivity contribution in [2.75, 3.05) is 26.8 Å². The molecule has 0 saturated carbocycles. The van der Waals surface area contributed by atoms with Gasteiger partial charge in [0, 0.05) is 13.1 Å². The Morgan fingerprint density at radius 2 is 2.00 bits per heavy atom. The van der Waals surface area contributed by atoms with Crippen molar-refractivity contribution in [1.29, 1.82) is 0 Å². The Balaban J connectivity index is 1.82. The van der Waals surface area contributed by atoms with Crippen LogP contribution in [0.3, 0.4) is 0 Å². The van der Waals surface area contributed by atoms with Crippen LogP contribution >= 0.6 is 0 Å². The molecule has 1 fully saturated rings. The number of nitrogens with zero attached hydrogens (tertiary/aromatic N) is 2. The summed E-state index contributed by atoms with van der Waals surface area (Å²) in [7, 11) is 1.32. The molecule has 0 aromatic heterocycles. The zero-order valence-electron chi connectivity index (χ0n) is 12.2. The molecule has 1 amide bonds. The predicted molar refractivity (Wildman–Crippen MR) is 70.5 cm³/mol. The number of hydrogen-bond acceptors (Lipinski definition) is 6. The zero-order chi connectivity index (χ0) is 14.9. The maximum Gasteiger partial charge on any atom is 0.410 e. The van der Waals surface area contributed by atoms with Gasteiger partial charge in [-0.2, -0.15) is 0 Å². The summed E-state index contributed by atoms with van der Waals surface area (Å²) in [4.78, 5) is 28.9. The van der Waals surface area contributed by atoms with Crippen LogP contribution < -0.4 is 0 Å². The van der Waals surface area contributed by atoms with E-state index in [-0.39, 0.29) is 18.6 Å². The van der Waals surface area contributed by atoms with Gasteiger partial charge in [0.1, 0.15) is 12.2 Å². The summed E-state index contributed by atoms with van der Waals surface area (Å²) in [6.07, 6.45) is -0.336. The van der Waals surface area contributed by atoms with Gasteiger partial charge < -0.3 is 19.1 Å². The normalized spacial score (nSPS) is 22.7. The maximum atomic E-state index is 11.8. The number of carbonyl (C=O) groups is 2. The van der Waals surface area contributed by atoms with Gasteiger partial charge in [-0.1, -0.05) is 0 Å². The second kappa shape index (κ2) is 5.30. The summed E-state index contributed by atoms with van der Waals surface area (Å²) >= 11 is 0. The Kier molecular flexibility index (Phi) is 3.87. The average molecular weight is 284 g/mol. The Hall–Kier alpha value is -1.79. The van der Waals surface area contributed by atoms with Crippen LogP contribution in [0.5, 0.6) is 0 Å². The highest BCUT2D eigenvalue weighted by Crippen LogP contribution is 2.24. The van der Waals surface area contributed by atoms with Crippen LogP contribution in [0.15, 0.2) is 4.99 Å². The zero-order valence-corrected chi connectivity index (χ0v) is 12.2. The molecule has 112 valence electrons. The van der Waals surface area contributed by atoms with Gasteiger partial charge in [-0.15, -0.1) is 0 Å². The van der Waals surface area contributed by atoms with Crippen molar-refractivity contribution in [3.8, 4) is 0 Å². The van der Waals surface area contributed by atoms with E-state index in [9.17, 15) is 9.59 Å². The highest BCUT2D eigenvalue weighted by molar-refractivity contribution is 5.88. The molecule has 0 radical (unpaired) electrons. The van der Waals surface area contributed by atoms with E-state index in [0.29, 0.717) is 19.0 Å². The fraction of sp³-hybridized carbons (Fsp3) is 0.769. The molecule has 7 nitrogen and oxygen atoms in total. The predicted octanol–water partition coefficient (Wildman–Crippen LogP) is 0.824. The van der Waals surface area contributed by atoms with E-state index in [2.05, 4.69) is 9.73 Å². The van der Waals surface area contributed by atoms with Crippen LogP contribution in [-0.4, -0.2) is 61.3 Å². The van der Waals surface area contributed by atoms with Crippen LogP contribution in [0.1, 0.15) is 20.8 Å². The summed E-state index contributed by atoms with van der Waals surface area (Å²) < 4.78 is 15.3. The van der Waals surface area contributed by atoms with Crippen molar-refractivity contribution < 1.29 is 23.8 Å². The third-order valence-corrected chi connectivity index (χ3v) is 3.03. The minimum atomic E-state index is -0.578. The summed E-state index contributed by atoms with van der Waals surface area (Å²) in [6.45, 7) is 6.70. The minimum absolute atomic E-state index is 0.0391. The Morgan fingerprint density at radius 3 is 2.55 bits per heavy atom. The first kappa shape index (κ1) is 14.6. The quantitative estimate of drug-likeness (QED) is 0.702. The lowest BCUT2D eigenvalue weighted by molar-refractivity contribution is -0.142. The summed E-state index contributed by atoms with van der Waals surface area (Å²) in [5.41, 5.74) is -0.500. The van der Waals surface area contributed by atoms with Gasteiger partial charge >= 0.3 is 12.1 Å². The lowest BCUT2D eigenvalue weighted by Gasteiger charge is -2.38. The first-order valence-electron chi connectivity index (χ1n) is 6.56. The van der Waals surface area contributed by atoms with Gasteiger partial charge in [-0.25, -0.2) is 14.6 Å². The number of methoxy groups -OCH3 is 1. The van der Waals surface area contributed by atoms with Crippen molar-refractivity contribution in [3.05, 3.63) is 0 Å². The van der Waals surface area contributed by atoms with Crippen LogP contribution in [0.4, 0.5) is 4.79 Å². The van der Waals surface area contributed by atoms with Crippen LogP contribution in [0.2, 0.25) is 0 Å². The number of esters is 1. The van der Waals surface area contributed by atoms with Crippen LogP contribution in [-0.2, 0) is 19.0 Å². The molecule has 0 aromatic rings. The monoisotopic (exact) mass is 284 g/mol. The van der Waals surface area contributed by atoms with E-state index in [1.54, 1.807) is 4.90 Å². The number of aliphatic imine (C=N–C) groups is 1. The number of likely N-dealkylation sites (tertiary alicyclic amines) is 1. The molecular formula is C13H20N2O5. The first-order valence-corrected chi connectivity index (χ1v) is 6.56. The standard InChI is InChI=1S/C13H20N2O5/c1-13(2,3)20-12(17)15-5-8(6-15)10-14-9(7-19-10)11(16)18-4/h8-9H,5-7H2,1-4H3.